The van der Waals surface area contributed by atoms with Crippen LogP contribution in [-0.4, -0.2) is 17.7 Å². The number of hydrogen-bond acceptors (Lipinski definition) is 4. The third-order valence-electron chi connectivity index (χ3n) is 4.69. The van der Waals surface area contributed by atoms with Gasteiger partial charge in [0.2, 0.25) is 0 Å². The molecule has 8 heteroatoms. The van der Waals surface area contributed by atoms with E-state index >= 15 is 0 Å². The zero-order chi connectivity index (χ0) is 23.1. The van der Waals surface area contributed by atoms with Crippen molar-refractivity contribution in [2.24, 2.45) is 0 Å². The molecular weight excluding hydrogens is 456 g/mol. The van der Waals surface area contributed by atoms with Crippen LogP contribution in [0.15, 0.2) is 54.6 Å². The van der Waals surface area contributed by atoms with E-state index in [1.165, 1.54) is 12.1 Å². The molecule has 0 saturated heterocycles. The van der Waals surface area contributed by atoms with Gasteiger partial charge in [0.1, 0.15) is 12.4 Å². The number of aromatic carboxylic acids is 1. The molecular formula is C24H22Cl2FNO4. The summed E-state index contributed by atoms with van der Waals surface area (Å²) in [5.74, 6) is -0.519. The Labute approximate surface area is 195 Å². The van der Waals surface area contributed by atoms with Crippen LogP contribution >= 0.6 is 23.2 Å². The average Bonchev–Trinajstić information content (AvgIpc) is 2.76. The molecule has 0 aliphatic carbocycles. The van der Waals surface area contributed by atoms with Gasteiger partial charge in [0, 0.05) is 29.7 Å². The van der Waals surface area contributed by atoms with Crippen LogP contribution in [0.2, 0.25) is 10.0 Å². The van der Waals surface area contributed by atoms with E-state index in [0.717, 1.165) is 11.1 Å². The van der Waals surface area contributed by atoms with Crippen LogP contribution in [0.5, 0.6) is 11.5 Å². The summed E-state index contributed by atoms with van der Waals surface area (Å²) in [6.07, 6.45) is 0. The van der Waals surface area contributed by atoms with Crippen molar-refractivity contribution in [1.82, 2.24) is 5.32 Å². The van der Waals surface area contributed by atoms with Crippen LogP contribution in [0, 0.1) is 5.82 Å². The number of halogens is 3. The predicted molar refractivity (Wildman–Crippen MR) is 122 cm³/mol. The normalized spacial score (nSPS) is 10.8. The molecule has 0 fully saturated rings. The minimum Gasteiger partial charge on any atom is -0.490 e. The topological polar surface area (TPSA) is 67.8 Å². The van der Waals surface area contributed by atoms with Crippen LogP contribution in [0.25, 0.3) is 0 Å². The van der Waals surface area contributed by atoms with Gasteiger partial charge in [-0.05, 0) is 48.4 Å². The van der Waals surface area contributed by atoms with E-state index in [1.54, 1.807) is 42.5 Å². The third-order valence-corrected chi connectivity index (χ3v) is 5.40. The first-order valence-corrected chi connectivity index (χ1v) is 10.7. The maximum atomic E-state index is 14.0. The van der Waals surface area contributed by atoms with Crippen molar-refractivity contribution < 1.29 is 23.8 Å². The highest BCUT2D eigenvalue weighted by molar-refractivity contribution is 6.31. The molecule has 0 aliphatic rings. The number of benzene rings is 3. The summed E-state index contributed by atoms with van der Waals surface area (Å²) in [5.41, 5.74) is 2.24. The van der Waals surface area contributed by atoms with Crippen LogP contribution < -0.4 is 14.8 Å². The lowest BCUT2D eigenvalue weighted by molar-refractivity contribution is 0.0697. The summed E-state index contributed by atoms with van der Waals surface area (Å²) in [4.78, 5) is 10.9. The molecule has 3 rings (SSSR count). The predicted octanol–water partition coefficient (Wildman–Crippen LogP) is 6.10. The van der Waals surface area contributed by atoms with Crippen LogP contribution in [0.3, 0.4) is 0 Å². The Morgan fingerprint density at radius 1 is 1.00 bits per heavy atom. The Balaban J connectivity index is 1.68. The van der Waals surface area contributed by atoms with Crippen molar-refractivity contribution in [2.45, 2.75) is 26.6 Å². The number of carboxylic acid groups (broad SMARTS) is 1. The lowest BCUT2D eigenvalue weighted by atomic mass is 10.1. The lowest BCUT2D eigenvalue weighted by Crippen LogP contribution is -2.13. The third kappa shape index (κ3) is 6.13. The van der Waals surface area contributed by atoms with Gasteiger partial charge in [-0.1, -0.05) is 41.4 Å². The number of carbonyl (C=O) groups is 1. The maximum Gasteiger partial charge on any atom is 0.335 e. The van der Waals surface area contributed by atoms with Gasteiger partial charge < -0.3 is 19.9 Å². The second kappa shape index (κ2) is 11.2. The zero-order valence-electron chi connectivity index (χ0n) is 17.3. The fourth-order valence-corrected chi connectivity index (χ4v) is 3.46. The van der Waals surface area contributed by atoms with Crippen molar-refractivity contribution in [3.05, 3.63) is 92.7 Å². The fourth-order valence-electron chi connectivity index (χ4n) is 3.02. The molecule has 0 radical (unpaired) electrons. The number of hydrogen-bond donors (Lipinski definition) is 2. The molecule has 0 aliphatic heterocycles. The van der Waals surface area contributed by atoms with E-state index in [9.17, 15) is 9.18 Å². The molecule has 32 heavy (non-hydrogen) atoms. The molecule has 2 N–H and O–H groups in total. The van der Waals surface area contributed by atoms with Gasteiger partial charge in [-0.2, -0.15) is 0 Å². The minimum absolute atomic E-state index is 0.0636. The molecule has 0 saturated carbocycles. The first kappa shape index (κ1) is 23.9. The molecule has 3 aromatic rings. The zero-order valence-corrected chi connectivity index (χ0v) is 18.8. The Kier molecular flexibility index (Phi) is 8.33. The SMILES string of the molecule is CCOc1cc(CNCc2ccc(C(=O)O)cc2)c(Cl)cc1OCc1c(F)cccc1Cl. The van der Waals surface area contributed by atoms with Crippen molar-refractivity contribution in [3.8, 4) is 11.5 Å². The molecule has 0 aromatic heterocycles. The lowest BCUT2D eigenvalue weighted by Gasteiger charge is -2.16. The van der Waals surface area contributed by atoms with E-state index in [0.29, 0.717) is 36.2 Å². The van der Waals surface area contributed by atoms with Crippen molar-refractivity contribution in [2.75, 3.05) is 6.61 Å². The summed E-state index contributed by atoms with van der Waals surface area (Å²) in [5, 5.41) is 13.0. The Morgan fingerprint density at radius 3 is 2.38 bits per heavy atom. The number of rotatable bonds is 10. The van der Waals surface area contributed by atoms with Crippen molar-refractivity contribution >= 4 is 29.2 Å². The number of ether oxygens (including phenoxy) is 2. The molecule has 0 bridgehead atoms. The van der Waals surface area contributed by atoms with Crippen LogP contribution in [-0.2, 0) is 19.7 Å². The highest BCUT2D eigenvalue weighted by atomic mass is 35.5. The molecule has 0 unspecified atom stereocenters. The second-order valence-electron chi connectivity index (χ2n) is 6.92. The average molecular weight is 478 g/mol. The second-order valence-corrected chi connectivity index (χ2v) is 7.73. The molecule has 0 amide bonds. The smallest absolute Gasteiger partial charge is 0.335 e. The van der Waals surface area contributed by atoms with Gasteiger partial charge in [-0.25, -0.2) is 9.18 Å². The van der Waals surface area contributed by atoms with Crippen LogP contribution in [0.4, 0.5) is 4.39 Å². The summed E-state index contributed by atoms with van der Waals surface area (Å²) >= 11 is 12.5. The minimum atomic E-state index is -0.959. The summed E-state index contributed by atoms with van der Waals surface area (Å²) < 4.78 is 25.5. The molecule has 3 aromatic carbocycles. The van der Waals surface area contributed by atoms with E-state index in [-0.39, 0.29) is 22.8 Å². The van der Waals surface area contributed by atoms with Gasteiger partial charge in [-0.3, -0.25) is 0 Å². The maximum absolute atomic E-state index is 14.0. The monoisotopic (exact) mass is 477 g/mol. The van der Waals surface area contributed by atoms with E-state index in [1.807, 2.05) is 6.92 Å². The summed E-state index contributed by atoms with van der Waals surface area (Å²) in [6.45, 7) is 3.20. The molecule has 0 spiro atoms. The highest BCUT2D eigenvalue weighted by Gasteiger charge is 2.14. The Morgan fingerprint density at radius 2 is 1.72 bits per heavy atom. The van der Waals surface area contributed by atoms with Crippen LogP contribution in [0.1, 0.15) is 34.0 Å². The highest BCUT2D eigenvalue weighted by Crippen LogP contribution is 2.35. The van der Waals surface area contributed by atoms with E-state index in [2.05, 4.69) is 5.32 Å². The van der Waals surface area contributed by atoms with Gasteiger partial charge in [-0.15, -0.1) is 0 Å². The Bertz CT molecular complexity index is 1070. The van der Waals surface area contributed by atoms with Gasteiger partial charge in [0.25, 0.3) is 0 Å². The first-order valence-electron chi connectivity index (χ1n) is 9.93. The quantitative estimate of drug-likeness (QED) is 0.369. The molecule has 0 heterocycles. The van der Waals surface area contributed by atoms with Crippen molar-refractivity contribution in [1.29, 1.82) is 0 Å². The van der Waals surface area contributed by atoms with E-state index in [4.69, 9.17) is 37.8 Å². The first-order chi connectivity index (χ1) is 15.4. The van der Waals surface area contributed by atoms with Gasteiger partial charge in [0.15, 0.2) is 11.5 Å². The summed E-state index contributed by atoms with van der Waals surface area (Å²) in [7, 11) is 0. The van der Waals surface area contributed by atoms with E-state index < -0.39 is 11.8 Å². The molecule has 168 valence electrons. The van der Waals surface area contributed by atoms with Gasteiger partial charge >= 0.3 is 5.97 Å². The molecule has 5 nitrogen and oxygen atoms in total. The molecule has 0 atom stereocenters. The standard InChI is InChI=1S/C24H22Cl2FNO4/c1-2-31-22-10-17(13-28-12-15-6-8-16(9-7-15)24(29)30)20(26)11-23(22)32-14-18-19(25)4-3-5-21(18)27/h3-11,28H,2,12-14H2,1H3,(H,29,30). The Hall–Kier alpha value is -2.80. The largest absolute Gasteiger partial charge is 0.490 e. The fraction of sp³-hybridized carbons (Fsp3) is 0.208. The number of nitrogens with one attached hydrogen (secondary N) is 1. The number of carboxylic acids is 1. The van der Waals surface area contributed by atoms with Crippen molar-refractivity contribution in [3.63, 3.8) is 0 Å². The summed E-state index contributed by atoms with van der Waals surface area (Å²) in [6, 6.07) is 14.5. The van der Waals surface area contributed by atoms with Gasteiger partial charge in [0.05, 0.1) is 17.2 Å².